The van der Waals surface area contributed by atoms with Crippen LogP contribution < -0.4 is 4.72 Å². The number of hydrogen-bond acceptors (Lipinski definition) is 4. The van der Waals surface area contributed by atoms with E-state index in [2.05, 4.69) is 20.7 Å². The smallest absolute Gasteiger partial charge is 0.214 e. The summed E-state index contributed by atoms with van der Waals surface area (Å²) in [5.41, 5.74) is 0. The lowest BCUT2D eigenvalue weighted by molar-refractivity contribution is 0.0910. The first-order valence-corrected chi connectivity index (χ1v) is 8.35. The molecule has 1 N–H and O–H groups in total. The lowest BCUT2D eigenvalue weighted by Gasteiger charge is -2.17. The SMILES string of the molecule is COCC(CCBr)NS(=O)(=O)CCOC(C)C. The Balaban J connectivity index is 4.11. The van der Waals surface area contributed by atoms with Gasteiger partial charge in [0, 0.05) is 18.5 Å². The maximum Gasteiger partial charge on any atom is 0.214 e. The molecule has 0 fully saturated rings. The molecule has 0 spiro atoms. The minimum Gasteiger partial charge on any atom is -0.383 e. The molecule has 0 amide bonds. The molecule has 0 saturated carbocycles. The molecule has 0 aliphatic rings. The highest BCUT2D eigenvalue weighted by atomic mass is 79.9. The molecule has 0 aliphatic heterocycles. The van der Waals surface area contributed by atoms with Crippen molar-refractivity contribution in [2.45, 2.75) is 32.4 Å². The zero-order valence-corrected chi connectivity index (χ0v) is 13.0. The van der Waals surface area contributed by atoms with E-state index < -0.39 is 10.0 Å². The number of methoxy groups -OCH3 is 1. The Morgan fingerprint density at radius 1 is 1.35 bits per heavy atom. The van der Waals surface area contributed by atoms with E-state index in [0.717, 1.165) is 5.33 Å². The van der Waals surface area contributed by atoms with Crippen LogP contribution in [0.4, 0.5) is 0 Å². The van der Waals surface area contributed by atoms with Gasteiger partial charge in [-0.1, -0.05) is 15.9 Å². The molecule has 104 valence electrons. The lowest BCUT2D eigenvalue weighted by Crippen LogP contribution is -2.40. The Bertz CT molecular complexity index is 276. The van der Waals surface area contributed by atoms with Gasteiger partial charge in [0.05, 0.1) is 25.1 Å². The molecule has 0 aromatic rings. The van der Waals surface area contributed by atoms with Crippen molar-refractivity contribution in [3.63, 3.8) is 0 Å². The molecule has 0 rings (SSSR count). The summed E-state index contributed by atoms with van der Waals surface area (Å²) in [7, 11) is -1.74. The normalized spacial score (nSPS) is 14.2. The third-order valence-corrected chi connectivity index (χ3v) is 3.83. The van der Waals surface area contributed by atoms with Crippen molar-refractivity contribution in [2.24, 2.45) is 0 Å². The average molecular weight is 332 g/mol. The predicted molar refractivity (Wildman–Crippen MR) is 72.1 cm³/mol. The molecule has 5 nitrogen and oxygen atoms in total. The van der Waals surface area contributed by atoms with Crippen LogP contribution in [-0.4, -0.2) is 52.0 Å². The number of sulfonamides is 1. The van der Waals surface area contributed by atoms with Gasteiger partial charge in [0.15, 0.2) is 0 Å². The molecule has 7 heteroatoms. The maximum absolute atomic E-state index is 11.7. The van der Waals surface area contributed by atoms with Gasteiger partial charge in [-0.15, -0.1) is 0 Å². The molecule has 17 heavy (non-hydrogen) atoms. The topological polar surface area (TPSA) is 64.6 Å². The van der Waals surface area contributed by atoms with Crippen LogP contribution in [0.15, 0.2) is 0 Å². The quantitative estimate of drug-likeness (QED) is 0.609. The van der Waals surface area contributed by atoms with E-state index in [1.807, 2.05) is 13.8 Å². The highest BCUT2D eigenvalue weighted by Gasteiger charge is 2.17. The summed E-state index contributed by atoms with van der Waals surface area (Å²) in [4.78, 5) is 0. The third kappa shape index (κ3) is 9.96. The van der Waals surface area contributed by atoms with Crippen molar-refractivity contribution in [3.8, 4) is 0 Å². The Kier molecular flexibility index (Phi) is 9.44. The number of alkyl halides is 1. The highest BCUT2D eigenvalue weighted by molar-refractivity contribution is 9.09. The van der Waals surface area contributed by atoms with Gasteiger partial charge in [0.25, 0.3) is 0 Å². The number of rotatable bonds is 10. The third-order valence-electron chi connectivity index (χ3n) is 1.97. The van der Waals surface area contributed by atoms with E-state index in [1.54, 1.807) is 7.11 Å². The van der Waals surface area contributed by atoms with Crippen molar-refractivity contribution in [1.82, 2.24) is 4.72 Å². The minimum atomic E-state index is -3.30. The van der Waals surface area contributed by atoms with Gasteiger partial charge in [0.1, 0.15) is 0 Å². The van der Waals surface area contributed by atoms with E-state index in [-0.39, 0.29) is 24.5 Å². The van der Waals surface area contributed by atoms with Crippen LogP contribution in [0.5, 0.6) is 0 Å². The minimum absolute atomic E-state index is 0.0202. The summed E-state index contributed by atoms with van der Waals surface area (Å²) in [5.74, 6) is -0.0202. The molecule has 0 aliphatic carbocycles. The zero-order valence-electron chi connectivity index (χ0n) is 10.6. The second-order valence-corrected chi connectivity index (χ2v) is 6.65. The molecule has 0 aromatic heterocycles. The van der Waals surface area contributed by atoms with Crippen molar-refractivity contribution in [2.75, 3.05) is 31.4 Å². The van der Waals surface area contributed by atoms with Crippen molar-refractivity contribution >= 4 is 26.0 Å². The van der Waals surface area contributed by atoms with Crippen molar-refractivity contribution in [3.05, 3.63) is 0 Å². The average Bonchev–Trinajstić information content (AvgIpc) is 2.16. The number of halogens is 1. The van der Waals surface area contributed by atoms with Crippen molar-refractivity contribution < 1.29 is 17.9 Å². The Hall–Kier alpha value is 0.310. The molecule has 1 unspecified atom stereocenters. The van der Waals surface area contributed by atoms with Crippen LogP contribution in [0.2, 0.25) is 0 Å². The van der Waals surface area contributed by atoms with Crippen LogP contribution in [-0.2, 0) is 19.5 Å². The highest BCUT2D eigenvalue weighted by Crippen LogP contribution is 2.00. The van der Waals surface area contributed by atoms with Crippen LogP contribution in [0.25, 0.3) is 0 Å². The van der Waals surface area contributed by atoms with E-state index in [0.29, 0.717) is 13.0 Å². The zero-order chi connectivity index (χ0) is 13.3. The summed E-state index contributed by atoms with van der Waals surface area (Å²) >= 11 is 3.28. The van der Waals surface area contributed by atoms with E-state index in [4.69, 9.17) is 9.47 Å². The maximum atomic E-state index is 11.7. The van der Waals surface area contributed by atoms with Crippen molar-refractivity contribution in [1.29, 1.82) is 0 Å². The fraction of sp³-hybridized carbons (Fsp3) is 1.00. The van der Waals surface area contributed by atoms with Gasteiger partial charge in [-0.3, -0.25) is 0 Å². The summed E-state index contributed by atoms with van der Waals surface area (Å²) in [6.07, 6.45) is 0.737. The Labute approximate surface area is 112 Å². The largest absolute Gasteiger partial charge is 0.383 e. The molecular formula is C10H22BrNO4S. The number of nitrogens with one attached hydrogen (secondary N) is 1. The second kappa shape index (κ2) is 9.27. The van der Waals surface area contributed by atoms with Gasteiger partial charge in [-0.05, 0) is 20.3 Å². The van der Waals surface area contributed by atoms with Gasteiger partial charge in [-0.25, -0.2) is 13.1 Å². The second-order valence-electron chi connectivity index (χ2n) is 3.99. The molecule has 0 aromatic carbocycles. The first-order valence-electron chi connectivity index (χ1n) is 5.57. The van der Waals surface area contributed by atoms with E-state index in [1.165, 1.54) is 0 Å². The summed E-state index contributed by atoms with van der Waals surface area (Å²) < 4.78 is 36.2. The summed E-state index contributed by atoms with van der Waals surface area (Å²) in [5, 5.41) is 0.728. The molecule has 0 saturated heterocycles. The fourth-order valence-electron chi connectivity index (χ4n) is 1.22. The standard InChI is InChI=1S/C10H22BrNO4S/c1-9(2)16-6-7-17(13,14)12-10(4-5-11)8-15-3/h9-10,12H,4-8H2,1-3H3. The van der Waals surface area contributed by atoms with Crippen LogP contribution in [0, 0.1) is 0 Å². The van der Waals surface area contributed by atoms with Crippen LogP contribution in [0.3, 0.4) is 0 Å². The molecule has 0 bridgehead atoms. The summed E-state index contributed by atoms with van der Waals surface area (Å²) in [6.45, 7) is 4.33. The summed E-state index contributed by atoms with van der Waals surface area (Å²) in [6, 6.07) is -0.191. The van der Waals surface area contributed by atoms with Gasteiger partial charge in [0.2, 0.25) is 10.0 Å². The molecule has 0 radical (unpaired) electrons. The molecule has 1 atom stereocenters. The Morgan fingerprint density at radius 2 is 2.00 bits per heavy atom. The fourth-order valence-corrected chi connectivity index (χ4v) is 2.90. The van der Waals surface area contributed by atoms with Gasteiger partial charge >= 0.3 is 0 Å². The first kappa shape index (κ1) is 17.3. The first-order chi connectivity index (χ1) is 7.91. The van der Waals surface area contributed by atoms with Gasteiger partial charge in [-0.2, -0.15) is 0 Å². The molecular weight excluding hydrogens is 310 g/mol. The Morgan fingerprint density at radius 3 is 2.47 bits per heavy atom. The monoisotopic (exact) mass is 331 g/mol. The van der Waals surface area contributed by atoms with Gasteiger partial charge < -0.3 is 9.47 Å². The van der Waals surface area contributed by atoms with E-state index in [9.17, 15) is 8.42 Å². The predicted octanol–water partition coefficient (Wildman–Crippen LogP) is 1.13. The van der Waals surface area contributed by atoms with Crippen LogP contribution >= 0.6 is 15.9 Å². The number of ether oxygens (including phenoxy) is 2. The molecule has 0 heterocycles. The van der Waals surface area contributed by atoms with Crippen LogP contribution in [0.1, 0.15) is 20.3 Å². The number of hydrogen-bond donors (Lipinski definition) is 1. The van der Waals surface area contributed by atoms with E-state index >= 15 is 0 Å². The lowest BCUT2D eigenvalue weighted by atomic mass is 10.3.